The molecule has 0 aromatic heterocycles. The van der Waals surface area contributed by atoms with Crippen LogP contribution in [0, 0.1) is 74.4 Å². The average molecular weight is 787 g/mol. The van der Waals surface area contributed by atoms with Crippen molar-refractivity contribution in [3.8, 4) is 0 Å². The highest BCUT2D eigenvalue weighted by molar-refractivity contribution is 5.97. The number of hydrogen-bond acceptors (Lipinski definition) is 5. The van der Waals surface area contributed by atoms with E-state index in [1.807, 2.05) is 48.5 Å². The molecule has 2 aromatic rings. The van der Waals surface area contributed by atoms with Crippen LogP contribution in [-0.2, 0) is 30.4 Å². The van der Waals surface area contributed by atoms with Crippen molar-refractivity contribution in [1.29, 1.82) is 0 Å². The molecule has 2 heterocycles. The van der Waals surface area contributed by atoms with Crippen LogP contribution in [0.2, 0.25) is 0 Å². The highest BCUT2D eigenvalue weighted by Gasteiger charge is 2.74. The Hall–Kier alpha value is -3.45. The molecule has 7 heteroatoms. The fraction of sp³-hybridized carbons (Fsp3) is 0.667. The first-order chi connectivity index (χ1) is 27.9. The van der Waals surface area contributed by atoms with Gasteiger partial charge in [0.25, 0.3) is 0 Å². The van der Waals surface area contributed by atoms with E-state index in [-0.39, 0.29) is 75.3 Å². The van der Waals surface area contributed by atoms with Gasteiger partial charge in [-0.25, -0.2) is 4.79 Å². The first-order valence-corrected chi connectivity index (χ1v) is 23.1. The molecule has 7 fully saturated rings. The second-order valence-corrected chi connectivity index (χ2v) is 21.5. The SMILES string of the molecule is C[C@]12CC[C@@H]3[C@@H](CCC4OCCC(C5CC[C@@]6(C)CC[C@@H]7[C@@H](CCC8OC(=O)C=C[C@@]87C)[C@]56C(=O)Nc5ccccc5)[C@@]43C)[C@@H]1CC(C(=O)NCc1ccccc1)C2. The fourth-order valence-corrected chi connectivity index (χ4v) is 16.8. The molecular weight excluding hydrogens is 721 g/mol. The molecule has 2 aliphatic heterocycles. The molecule has 2 amide bonds. The number of nitrogens with one attached hydrogen (secondary N) is 2. The van der Waals surface area contributed by atoms with Crippen LogP contribution in [0.1, 0.15) is 117 Å². The van der Waals surface area contributed by atoms with E-state index in [0.717, 1.165) is 88.5 Å². The maximum Gasteiger partial charge on any atom is 0.330 e. The van der Waals surface area contributed by atoms with Gasteiger partial charge in [-0.1, -0.05) is 82.3 Å². The van der Waals surface area contributed by atoms with Crippen LogP contribution in [0.3, 0.4) is 0 Å². The minimum atomic E-state index is -0.560. The summed E-state index contributed by atoms with van der Waals surface area (Å²) in [6, 6.07) is 20.5. The first-order valence-electron chi connectivity index (χ1n) is 23.1. The van der Waals surface area contributed by atoms with Crippen molar-refractivity contribution < 1.29 is 23.9 Å². The zero-order valence-corrected chi connectivity index (χ0v) is 35.3. The van der Waals surface area contributed by atoms with Crippen LogP contribution >= 0.6 is 0 Å². The number of anilines is 1. The lowest BCUT2D eigenvalue weighted by atomic mass is 9.38. The first kappa shape index (κ1) is 38.7. The third-order valence-electron chi connectivity index (χ3n) is 19.3. The maximum absolute atomic E-state index is 15.9. The second kappa shape index (κ2) is 14.1. The largest absolute Gasteiger partial charge is 0.458 e. The van der Waals surface area contributed by atoms with Crippen LogP contribution in [0.15, 0.2) is 72.8 Å². The van der Waals surface area contributed by atoms with Crippen LogP contribution in [0.4, 0.5) is 5.69 Å². The molecule has 6 aliphatic carbocycles. The monoisotopic (exact) mass is 786 g/mol. The van der Waals surface area contributed by atoms with E-state index < -0.39 is 5.41 Å². The smallest absolute Gasteiger partial charge is 0.330 e. The van der Waals surface area contributed by atoms with Gasteiger partial charge in [-0.2, -0.15) is 0 Å². The standard InChI is InChI=1S/C51H66N2O5/c1-47-24-19-36-35(41(47)29-33(30-47)45(55)52-31-32-11-7-5-8-12-32)15-17-43-50(36,4)38(23-28-57-43)40-21-26-48(2)25-20-37-39(16-18-42-49(37,3)27-22-44(54)58-42)51(40,48)46(56)53-34-13-9-6-10-14-34/h5-14,22,27,33,35-43H,15-21,23-26,28-31H2,1-4H3,(H,52,55)(H,53,56)/t33?,35-,36-,37-,38?,39-,40?,41+,42?,43?,47-,48-,49-,50+,51-/m1/s1. The van der Waals surface area contributed by atoms with Gasteiger partial charge in [-0.15, -0.1) is 0 Å². The normalized spacial score (nSPS) is 46.2. The highest BCUT2D eigenvalue weighted by Crippen LogP contribution is 2.76. The molecule has 58 heavy (non-hydrogen) atoms. The Morgan fingerprint density at radius 2 is 1.41 bits per heavy atom. The second-order valence-electron chi connectivity index (χ2n) is 21.5. The zero-order valence-electron chi connectivity index (χ0n) is 35.3. The van der Waals surface area contributed by atoms with Crippen molar-refractivity contribution in [3.05, 3.63) is 78.4 Å². The summed E-state index contributed by atoms with van der Waals surface area (Å²) in [7, 11) is 0. The van der Waals surface area contributed by atoms with E-state index in [1.54, 1.807) is 6.08 Å². The number of carbonyl (C=O) groups excluding carboxylic acids is 3. The topological polar surface area (TPSA) is 93.7 Å². The van der Waals surface area contributed by atoms with Gasteiger partial charge in [0, 0.05) is 41.7 Å². The van der Waals surface area contributed by atoms with Gasteiger partial charge in [-0.3, -0.25) is 9.59 Å². The molecule has 0 bridgehead atoms. The molecule has 310 valence electrons. The Balaban J connectivity index is 1.01. The number of carbonyl (C=O) groups is 3. The van der Waals surface area contributed by atoms with E-state index in [9.17, 15) is 9.59 Å². The Morgan fingerprint density at radius 1 is 0.724 bits per heavy atom. The van der Waals surface area contributed by atoms with Crippen LogP contribution < -0.4 is 10.6 Å². The summed E-state index contributed by atoms with van der Waals surface area (Å²) < 4.78 is 13.0. The van der Waals surface area contributed by atoms with Gasteiger partial charge in [0.1, 0.15) is 6.10 Å². The Kier molecular flexibility index (Phi) is 9.39. The molecule has 0 spiro atoms. The van der Waals surface area contributed by atoms with Gasteiger partial charge in [0.2, 0.25) is 11.8 Å². The summed E-state index contributed by atoms with van der Waals surface area (Å²) in [6.45, 7) is 11.3. The Morgan fingerprint density at radius 3 is 2.19 bits per heavy atom. The predicted molar refractivity (Wildman–Crippen MR) is 225 cm³/mol. The van der Waals surface area contributed by atoms with Gasteiger partial charge in [0.05, 0.1) is 11.5 Å². The van der Waals surface area contributed by atoms with E-state index >= 15 is 4.79 Å². The van der Waals surface area contributed by atoms with Crippen molar-refractivity contribution in [1.82, 2.24) is 5.32 Å². The maximum atomic E-state index is 15.9. The number of para-hydroxylation sites is 1. The lowest BCUT2D eigenvalue weighted by molar-refractivity contribution is -0.232. The zero-order chi connectivity index (χ0) is 40.1. The molecule has 10 rings (SSSR count). The third kappa shape index (κ3) is 5.63. The third-order valence-corrected chi connectivity index (χ3v) is 19.3. The summed E-state index contributed by atoms with van der Waals surface area (Å²) in [4.78, 5) is 42.3. The minimum Gasteiger partial charge on any atom is -0.458 e. The molecule has 8 aliphatic rings. The van der Waals surface area contributed by atoms with Crippen LogP contribution in [0.5, 0.6) is 0 Å². The van der Waals surface area contributed by atoms with Gasteiger partial charge in [0.15, 0.2) is 0 Å². The predicted octanol–water partition coefficient (Wildman–Crippen LogP) is 9.92. The quantitative estimate of drug-likeness (QED) is 0.285. The summed E-state index contributed by atoms with van der Waals surface area (Å²) in [5, 5.41) is 6.91. The molecule has 2 aromatic carbocycles. The van der Waals surface area contributed by atoms with Crippen molar-refractivity contribution in [2.75, 3.05) is 11.9 Å². The number of hydrogen-bond donors (Lipinski definition) is 2. The molecular formula is C51H66N2O5. The molecule has 5 unspecified atom stereocenters. The molecule has 2 N–H and O–H groups in total. The number of rotatable bonds is 6. The summed E-state index contributed by atoms with van der Waals surface area (Å²) in [6.07, 6.45) is 17.4. The molecule has 6 saturated carbocycles. The van der Waals surface area contributed by atoms with Crippen LogP contribution in [0.25, 0.3) is 0 Å². The summed E-state index contributed by atoms with van der Waals surface area (Å²) >= 11 is 0. The van der Waals surface area contributed by atoms with E-state index in [4.69, 9.17) is 9.47 Å². The van der Waals surface area contributed by atoms with Gasteiger partial charge < -0.3 is 20.1 Å². The lowest BCUT2D eigenvalue weighted by Gasteiger charge is -2.67. The van der Waals surface area contributed by atoms with Gasteiger partial charge >= 0.3 is 5.97 Å². The number of fused-ring (bicyclic) bond motifs is 10. The Bertz CT molecular complexity index is 1950. The van der Waals surface area contributed by atoms with Crippen molar-refractivity contribution >= 4 is 23.5 Å². The molecule has 0 radical (unpaired) electrons. The Labute approximate surface area is 346 Å². The summed E-state index contributed by atoms with van der Waals surface area (Å²) in [5.41, 5.74) is 1.17. The molecule has 7 nitrogen and oxygen atoms in total. The molecule has 1 saturated heterocycles. The number of benzene rings is 2. The lowest BCUT2D eigenvalue weighted by Crippen LogP contribution is -2.67. The fourth-order valence-electron chi connectivity index (χ4n) is 16.8. The van der Waals surface area contributed by atoms with Crippen molar-refractivity contribution in [3.63, 3.8) is 0 Å². The minimum absolute atomic E-state index is 0.0551. The highest BCUT2D eigenvalue weighted by atomic mass is 16.5. The average Bonchev–Trinajstić information content (AvgIpc) is 3.75. The number of ether oxygens (including phenoxy) is 2. The number of esters is 1. The summed E-state index contributed by atoms with van der Waals surface area (Å²) in [5.74, 6) is 2.93. The van der Waals surface area contributed by atoms with Crippen molar-refractivity contribution in [2.24, 2.45) is 74.4 Å². The van der Waals surface area contributed by atoms with Crippen molar-refractivity contribution in [2.45, 2.75) is 130 Å². The van der Waals surface area contributed by atoms with E-state index in [0.29, 0.717) is 30.2 Å². The van der Waals surface area contributed by atoms with E-state index in [2.05, 4.69) is 56.5 Å². The number of amides is 2. The van der Waals surface area contributed by atoms with E-state index in [1.165, 1.54) is 12.8 Å². The van der Waals surface area contributed by atoms with Crippen LogP contribution in [-0.4, -0.2) is 36.6 Å². The van der Waals surface area contributed by atoms with Gasteiger partial charge in [-0.05, 0) is 153 Å². The molecule has 15 atom stereocenters.